The SMILES string of the molecule is CC(C)C(NC(=O)CN1[C-]=C1C1CCN1C(=O)CNC(=O)C(N)CC1C=CC(O)=CC1)C(=O)NCC(N)=O. The van der Waals surface area contributed by atoms with Gasteiger partial charge in [0.05, 0.1) is 25.7 Å². The maximum absolute atomic E-state index is 12.7. The van der Waals surface area contributed by atoms with Gasteiger partial charge in [0.1, 0.15) is 11.8 Å². The second kappa shape index (κ2) is 12.6. The number of carbonyl (C=O) groups excluding carboxylic acids is 5. The summed E-state index contributed by atoms with van der Waals surface area (Å²) < 4.78 is 0. The standard InChI is InChI=1S/C25H36N7O6/c1-14(2)23(25(38)28-10-20(27)34)30-21(35)13-31-12-19(31)18-7-8-32(18)22(36)11-29-24(37)17(26)9-15-3-5-16(33)6-4-15/h3,5-6,14-15,17-18,23,33H,4,7-11,13,26H2,1-2H3,(H2,27,34)(H,28,38)(H,29,37)(H,30,35)/q-1. The fourth-order valence-electron chi connectivity index (χ4n) is 4.30. The van der Waals surface area contributed by atoms with E-state index in [9.17, 15) is 29.1 Å². The molecule has 8 N–H and O–H groups in total. The Kier molecular flexibility index (Phi) is 9.50. The largest absolute Gasteiger partial charge is 0.535 e. The Morgan fingerprint density at radius 2 is 1.87 bits per heavy atom. The Morgan fingerprint density at radius 1 is 1.16 bits per heavy atom. The van der Waals surface area contributed by atoms with E-state index in [0.29, 0.717) is 31.5 Å². The van der Waals surface area contributed by atoms with Crippen LogP contribution in [0, 0.1) is 18.0 Å². The van der Waals surface area contributed by atoms with E-state index in [0.717, 1.165) is 0 Å². The van der Waals surface area contributed by atoms with Gasteiger partial charge in [0.15, 0.2) is 0 Å². The van der Waals surface area contributed by atoms with Crippen LogP contribution in [0.25, 0.3) is 0 Å². The molecule has 0 saturated carbocycles. The molecule has 0 aromatic rings. The minimum Gasteiger partial charge on any atom is -0.535 e. The number of primary amides is 1. The highest BCUT2D eigenvalue weighted by atomic mass is 16.3. The van der Waals surface area contributed by atoms with Gasteiger partial charge in [-0.15, -0.1) is 0 Å². The van der Waals surface area contributed by atoms with E-state index in [4.69, 9.17) is 11.5 Å². The molecular formula is C25H36N7O6-. The van der Waals surface area contributed by atoms with E-state index in [1.54, 1.807) is 35.8 Å². The Hall–Kier alpha value is -3.87. The van der Waals surface area contributed by atoms with Crippen molar-refractivity contribution >= 4 is 29.5 Å². The van der Waals surface area contributed by atoms with Gasteiger partial charge in [-0.1, -0.05) is 19.9 Å². The summed E-state index contributed by atoms with van der Waals surface area (Å²) in [6.07, 6.45) is 9.75. The van der Waals surface area contributed by atoms with Crippen LogP contribution in [-0.4, -0.2) is 88.7 Å². The summed E-state index contributed by atoms with van der Waals surface area (Å²) in [5.74, 6) is -2.25. The van der Waals surface area contributed by atoms with Crippen molar-refractivity contribution in [2.75, 3.05) is 26.2 Å². The van der Waals surface area contributed by atoms with Crippen molar-refractivity contribution in [3.63, 3.8) is 0 Å². The third kappa shape index (κ3) is 7.81. The molecule has 13 nitrogen and oxygen atoms in total. The second-order valence-electron chi connectivity index (χ2n) is 9.99. The number of hydrogen-bond acceptors (Lipinski definition) is 8. The number of aliphatic hydroxyl groups excluding tert-OH is 1. The number of nitrogens with two attached hydrogens (primary N) is 2. The van der Waals surface area contributed by atoms with Crippen LogP contribution >= 0.6 is 0 Å². The Balaban J connectivity index is 1.38. The summed E-state index contributed by atoms with van der Waals surface area (Å²) in [5, 5.41) is 17.0. The molecule has 1 saturated heterocycles. The zero-order valence-corrected chi connectivity index (χ0v) is 21.6. The van der Waals surface area contributed by atoms with E-state index in [1.165, 1.54) is 0 Å². The fraction of sp³-hybridized carbons (Fsp3) is 0.560. The van der Waals surface area contributed by atoms with Crippen molar-refractivity contribution in [3.05, 3.63) is 35.9 Å². The molecule has 4 atom stereocenters. The second-order valence-corrected chi connectivity index (χ2v) is 9.99. The zero-order valence-electron chi connectivity index (χ0n) is 21.6. The van der Waals surface area contributed by atoms with Crippen LogP contribution in [0.5, 0.6) is 0 Å². The van der Waals surface area contributed by atoms with Crippen LogP contribution in [0.15, 0.2) is 29.7 Å². The van der Waals surface area contributed by atoms with Crippen molar-refractivity contribution in [2.45, 2.75) is 51.2 Å². The van der Waals surface area contributed by atoms with E-state index in [2.05, 4.69) is 22.2 Å². The highest BCUT2D eigenvalue weighted by Crippen LogP contribution is 2.34. The smallest absolute Gasteiger partial charge is 0.243 e. The summed E-state index contributed by atoms with van der Waals surface area (Å²) in [7, 11) is 0. The first kappa shape index (κ1) is 28.7. The maximum atomic E-state index is 12.7. The molecule has 0 radical (unpaired) electrons. The highest BCUT2D eigenvalue weighted by molar-refractivity contribution is 5.91. The Labute approximate surface area is 221 Å². The Morgan fingerprint density at radius 3 is 2.45 bits per heavy atom. The topological polar surface area (TPSA) is 200 Å². The first-order valence-electron chi connectivity index (χ1n) is 12.6. The lowest BCUT2D eigenvalue weighted by Crippen LogP contribution is -2.55. The number of carbonyl (C=O) groups is 5. The first-order valence-corrected chi connectivity index (χ1v) is 12.6. The van der Waals surface area contributed by atoms with Crippen LogP contribution in [0.1, 0.15) is 33.1 Å². The molecule has 208 valence electrons. The van der Waals surface area contributed by atoms with Gasteiger partial charge < -0.3 is 42.3 Å². The molecular weight excluding hydrogens is 494 g/mol. The van der Waals surface area contributed by atoms with Gasteiger partial charge in [-0.2, -0.15) is 5.70 Å². The van der Waals surface area contributed by atoms with Gasteiger partial charge in [0.2, 0.25) is 29.5 Å². The van der Waals surface area contributed by atoms with Crippen molar-refractivity contribution in [1.29, 1.82) is 0 Å². The molecule has 13 heteroatoms. The number of amides is 5. The number of nitrogens with one attached hydrogen (secondary N) is 3. The van der Waals surface area contributed by atoms with Crippen LogP contribution in [0.4, 0.5) is 0 Å². The molecule has 1 fully saturated rings. The number of allylic oxidation sites excluding steroid dienone is 3. The minimum absolute atomic E-state index is 0.0444. The van der Waals surface area contributed by atoms with Crippen LogP contribution in [0.3, 0.4) is 0 Å². The lowest BCUT2D eigenvalue weighted by molar-refractivity contribution is -0.138. The molecule has 0 aromatic heterocycles. The van der Waals surface area contributed by atoms with Crippen LogP contribution in [-0.2, 0) is 24.0 Å². The molecule has 4 unspecified atom stereocenters. The molecule has 5 amide bonds. The van der Waals surface area contributed by atoms with E-state index in [-0.39, 0.29) is 49.2 Å². The number of rotatable bonds is 13. The monoisotopic (exact) mass is 530 g/mol. The normalized spacial score (nSPS) is 21.5. The molecule has 1 aliphatic carbocycles. The number of aliphatic hydroxyl groups is 1. The average molecular weight is 531 g/mol. The van der Waals surface area contributed by atoms with Crippen molar-refractivity contribution in [2.24, 2.45) is 23.3 Å². The van der Waals surface area contributed by atoms with Gasteiger partial charge in [-0.3, -0.25) is 30.2 Å². The van der Waals surface area contributed by atoms with Crippen molar-refractivity contribution in [1.82, 2.24) is 25.8 Å². The summed E-state index contributed by atoms with van der Waals surface area (Å²) >= 11 is 0. The molecule has 0 aromatic carbocycles. The van der Waals surface area contributed by atoms with Crippen LogP contribution in [0.2, 0.25) is 0 Å². The molecule has 2 heterocycles. The predicted molar refractivity (Wildman–Crippen MR) is 136 cm³/mol. The molecule has 3 aliphatic rings. The van der Waals surface area contributed by atoms with Gasteiger partial charge in [-0.25, -0.2) is 0 Å². The molecule has 3 rings (SSSR count). The van der Waals surface area contributed by atoms with E-state index in [1.807, 2.05) is 6.08 Å². The predicted octanol–water partition coefficient (Wildman–Crippen LogP) is -1.86. The number of likely N-dealkylation sites (tertiary alicyclic amines) is 1. The summed E-state index contributed by atoms with van der Waals surface area (Å²) in [5.41, 5.74) is 11.7. The number of hydrogen-bond donors (Lipinski definition) is 6. The van der Waals surface area contributed by atoms with Crippen LogP contribution < -0.4 is 27.4 Å². The molecule has 0 spiro atoms. The maximum Gasteiger partial charge on any atom is 0.243 e. The van der Waals surface area contributed by atoms with Gasteiger partial charge in [-0.05, 0) is 49.3 Å². The van der Waals surface area contributed by atoms with Gasteiger partial charge >= 0.3 is 0 Å². The summed E-state index contributed by atoms with van der Waals surface area (Å²) in [6, 6.07) is -1.84. The quantitative estimate of drug-likeness (QED) is 0.149. The Bertz CT molecular complexity index is 1050. The fourth-order valence-corrected chi connectivity index (χ4v) is 4.30. The van der Waals surface area contributed by atoms with Crippen molar-refractivity contribution < 1.29 is 29.1 Å². The molecule has 2 aliphatic heterocycles. The molecule has 0 bridgehead atoms. The van der Waals surface area contributed by atoms with E-state index >= 15 is 0 Å². The zero-order chi connectivity index (χ0) is 28.0. The summed E-state index contributed by atoms with van der Waals surface area (Å²) in [6.45, 7) is 3.49. The third-order valence-corrected chi connectivity index (χ3v) is 6.63. The number of nitrogens with zero attached hydrogens (tertiary/aromatic N) is 2. The lowest BCUT2D eigenvalue weighted by Gasteiger charge is -2.45. The first-order chi connectivity index (χ1) is 18.0. The minimum atomic E-state index is -0.834. The van der Waals surface area contributed by atoms with Crippen molar-refractivity contribution in [3.8, 4) is 0 Å². The lowest BCUT2D eigenvalue weighted by atomic mass is 9.93. The average Bonchev–Trinajstić information content (AvgIpc) is 3.57. The summed E-state index contributed by atoms with van der Waals surface area (Å²) in [4.78, 5) is 63.9. The van der Waals surface area contributed by atoms with Gasteiger partial charge in [0, 0.05) is 6.54 Å². The third-order valence-electron chi connectivity index (χ3n) is 6.63. The van der Waals surface area contributed by atoms with E-state index < -0.39 is 35.7 Å². The highest BCUT2D eigenvalue weighted by Gasteiger charge is 2.34. The molecule has 38 heavy (non-hydrogen) atoms. The van der Waals surface area contributed by atoms with Gasteiger partial charge in [0.25, 0.3) is 0 Å².